The van der Waals surface area contributed by atoms with Crippen molar-refractivity contribution in [3.63, 3.8) is 0 Å². The Morgan fingerprint density at radius 2 is 2.00 bits per heavy atom. The molecule has 3 rings (SSSR count). The summed E-state index contributed by atoms with van der Waals surface area (Å²) < 4.78 is 18.9. The fraction of sp³-hybridized carbons (Fsp3) is 0.696. The van der Waals surface area contributed by atoms with Gasteiger partial charge in [0.05, 0.1) is 19.3 Å². The van der Waals surface area contributed by atoms with Gasteiger partial charge in [-0.15, -0.1) is 0 Å². The molecule has 1 aromatic carbocycles. The maximum Gasteiger partial charge on any atom is 0.191 e. The standard InChI is InChI=1S/C23H37FN4O2/c1-3-25-22(26-17-23(29)11-5-4-6-12-23)27-19-9-13-28(14-10-19)16-18-7-8-21(30-2)20(24)15-18/h7-8,15,19,29H,3-6,9-14,16-17H2,1-2H3,(H2,25,26,27). The highest BCUT2D eigenvalue weighted by molar-refractivity contribution is 5.80. The molecule has 1 saturated carbocycles. The van der Waals surface area contributed by atoms with Crippen LogP contribution in [0.25, 0.3) is 0 Å². The zero-order chi connectivity index (χ0) is 21.4. The summed E-state index contributed by atoms with van der Waals surface area (Å²) in [5.74, 6) is 0.777. The molecule has 6 nitrogen and oxygen atoms in total. The first-order valence-corrected chi connectivity index (χ1v) is 11.3. The van der Waals surface area contributed by atoms with E-state index in [1.807, 2.05) is 6.07 Å². The zero-order valence-corrected chi connectivity index (χ0v) is 18.4. The molecule has 2 aliphatic rings. The van der Waals surface area contributed by atoms with Gasteiger partial charge in [-0.05, 0) is 50.3 Å². The fourth-order valence-electron chi connectivity index (χ4n) is 4.41. The summed E-state index contributed by atoms with van der Waals surface area (Å²) in [5.41, 5.74) is 0.327. The smallest absolute Gasteiger partial charge is 0.191 e. The second kappa shape index (κ2) is 11.0. The van der Waals surface area contributed by atoms with Gasteiger partial charge in [0, 0.05) is 32.2 Å². The van der Waals surface area contributed by atoms with E-state index in [4.69, 9.17) is 9.73 Å². The van der Waals surface area contributed by atoms with Crippen molar-refractivity contribution in [1.82, 2.24) is 15.5 Å². The zero-order valence-electron chi connectivity index (χ0n) is 18.4. The van der Waals surface area contributed by atoms with E-state index in [2.05, 4.69) is 22.5 Å². The molecule has 0 spiro atoms. The van der Waals surface area contributed by atoms with Crippen LogP contribution >= 0.6 is 0 Å². The minimum absolute atomic E-state index is 0.287. The number of piperidine rings is 1. The first-order chi connectivity index (χ1) is 14.5. The molecule has 0 unspecified atom stereocenters. The van der Waals surface area contributed by atoms with Gasteiger partial charge in [-0.2, -0.15) is 0 Å². The molecule has 1 heterocycles. The molecule has 168 valence electrons. The lowest BCUT2D eigenvalue weighted by atomic mass is 9.85. The predicted octanol–water partition coefficient (Wildman–Crippen LogP) is 3.05. The number of ether oxygens (including phenoxy) is 1. The van der Waals surface area contributed by atoms with Gasteiger partial charge in [-0.1, -0.05) is 25.3 Å². The van der Waals surface area contributed by atoms with Crippen molar-refractivity contribution in [1.29, 1.82) is 0 Å². The minimum atomic E-state index is -0.641. The lowest BCUT2D eigenvalue weighted by molar-refractivity contribution is 0.0131. The topological polar surface area (TPSA) is 69.1 Å². The SMILES string of the molecule is CCNC(=NCC1(O)CCCCC1)NC1CCN(Cc2ccc(OC)c(F)c2)CC1. The maximum absolute atomic E-state index is 13.9. The maximum atomic E-state index is 13.9. The highest BCUT2D eigenvalue weighted by atomic mass is 19.1. The largest absolute Gasteiger partial charge is 0.494 e. The van der Waals surface area contributed by atoms with Crippen molar-refractivity contribution in [2.75, 3.05) is 33.3 Å². The molecule has 30 heavy (non-hydrogen) atoms. The van der Waals surface area contributed by atoms with Crippen LogP contribution in [0.3, 0.4) is 0 Å². The summed E-state index contributed by atoms with van der Waals surface area (Å²) in [7, 11) is 1.48. The number of hydrogen-bond acceptors (Lipinski definition) is 4. The van der Waals surface area contributed by atoms with Crippen LogP contribution in [0.5, 0.6) is 5.75 Å². The van der Waals surface area contributed by atoms with E-state index in [9.17, 15) is 9.50 Å². The molecule has 3 N–H and O–H groups in total. The van der Waals surface area contributed by atoms with Gasteiger partial charge in [0.2, 0.25) is 0 Å². The van der Waals surface area contributed by atoms with E-state index < -0.39 is 5.60 Å². The summed E-state index contributed by atoms with van der Waals surface area (Å²) in [6.45, 7) is 5.97. The Bertz CT molecular complexity index is 698. The first kappa shape index (κ1) is 22.8. The highest BCUT2D eigenvalue weighted by Gasteiger charge is 2.29. The number of aliphatic imine (C=N–C) groups is 1. The van der Waals surface area contributed by atoms with Gasteiger partial charge >= 0.3 is 0 Å². The number of benzene rings is 1. The number of halogens is 1. The second-order valence-corrected chi connectivity index (χ2v) is 8.64. The molecule has 7 heteroatoms. The predicted molar refractivity (Wildman–Crippen MR) is 118 cm³/mol. The number of aliphatic hydroxyl groups is 1. The van der Waals surface area contributed by atoms with Crippen molar-refractivity contribution in [2.24, 2.45) is 4.99 Å². The number of methoxy groups -OCH3 is 1. The molecule has 0 aromatic heterocycles. The molecule has 1 saturated heterocycles. The molecule has 0 bridgehead atoms. The van der Waals surface area contributed by atoms with Crippen molar-refractivity contribution in [2.45, 2.75) is 70.1 Å². The normalized spacial score (nSPS) is 20.7. The highest BCUT2D eigenvalue weighted by Crippen LogP contribution is 2.28. The van der Waals surface area contributed by atoms with Gasteiger partial charge in [-0.3, -0.25) is 9.89 Å². The minimum Gasteiger partial charge on any atom is -0.494 e. The monoisotopic (exact) mass is 420 g/mol. The van der Waals surface area contributed by atoms with Crippen molar-refractivity contribution >= 4 is 5.96 Å². The molecular formula is C23H37FN4O2. The van der Waals surface area contributed by atoms with Crippen LogP contribution in [-0.4, -0.2) is 60.9 Å². The van der Waals surface area contributed by atoms with Crippen molar-refractivity contribution < 1.29 is 14.2 Å². The van der Waals surface area contributed by atoms with E-state index in [1.165, 1.54) is 13.5 Å². The van der Waals surface area contributed by atoms with Crippen LogP contribution in [-0.2, 0) is 6.54 Å². The Labute approximate surface area is 179 Å². The van der Waals surface area contributed by atoms with E-state index >= 15 is 0 Å². The average Bonchev–Trinajstić information content (AvgIpc) is 2.74. The number of likely N-dealkylation sites (tertiary alicyclic amines) is 1. The Balaban J connectivity index is 1.48. The molecule has 0 atom stereocenters. The lowest BCUT2D eigenvalue weighted by Crippen LogP contribution is -2.49. The molecule has 1 aromatic rings. The Hall–Kier alpha value is -1.86. The van der Waals surface area contributed by atoms with E-state index in [0.29, 0.717) is 12.6 Å². The molecule has 0 amide bonds. The van der Waals surface area contributed by atoms with Crippen LogP contribution in [0.15, 0.2) is 23.2 Å². The molecule has 1 aliphatic heterocycles. The van der Waals surface area contributed by atoms with Crippen molar-refractivity contribution in [3.05, 3.63) is 29.6 Å². The fourth-order valence-corrected chi connectivity index (χ4v) is 4.41. The summed E-state index contributed by atoms with van der Waals surface area (Å²) in [6, 6.07) is 5.54. The van der Waals surface area contributed by atoms with Crippen LogP contribution in [0, 0.1) is 5.82 Å². The Morgan fingerprint density at radius 1 is 1.27 bits per heavy atom. The second-order valence-electron chi connectivity index (χ2n) is 8.64. The number of guanidine groups is 1. The Morgan fingerprint density at radius 3 is 2.63 bits per heavy atom. The van der Waals surface area contributed by atoms with Gasteiger partial charge < -0.3 is 20.5 Å². The van der Waals surface area contributed by atoms with E-state index in [0.717, 1.165) is 76.2 Å². The van der Waals surface area contributed by atoms with E-state index in [1.54, 1.807) is 12.1 Å². The third-order valence-electron chi connectivity index (χ3n) is 6.21. The van der Waals surface area contributed by atoms with Crippen LogP contribution in [0.2, 0.25) is 0 Å². The van der Waals surface area contributed by atoms with Crippen LogP contribution in [0.4, 0.5) is 4.39 Å². The summed E-state index contributed by atoms with van der Waals surface area (Å²) in [6.07, 6.45) is 7.10. The van der Waals surface area contributed by atoms with Crippen molar-refractivity contribution in [3.8, 4) is 5.75 Å². The van der Waals surface area contributed by atoms with Crippen LogP contribution < -0.4 is 15.4 Å². The molecule has 1 aliphatic carbocycles. The average molecular weight is 421 g/mol. The van der Waals surface area contributed by atoms with Gasteiger partial charge in [-0.25, -0.2) is 4.39 Å². The molecule has 2 fully saturated rings. The Kier molecular flexibility index (Phi) is 8.33. The molecular weight excluding hydrogens is 383 g/mol. The van der Waals surface area contributed by atoms with Crippen LogP contribution in [0.1, 0.15) is 57.4 Å². The number of rotatable bonds is 7. The summed E-state index contributed by atoms with van der Waals surface area (Å²) in [4.78, 5) is 7.05. The van der Waals surface area contributed by atoms with E-state index in [-0.39, 0.29) is 11.6 Å². The number of hydrogen-bond donors (Lipinski definition) is 3. The van der Waals surface area contributed by atoms with Gasteiger partial charge in [0.1, 0.15) is 0 Å². The number of nitrogens with one attached hydrogen (secondary N) is 2. The molecule has 0 radical (unpaired) electrons. The van der Waals surface area contributed by atoms with Gasteiger partial charge in [0.15, 0.2) is 17.5 Å². The number of nitrogens with zero attached hydrogens (tertiary/aromatic N) is 2. The third kappa shape index (κ3) is 6.57. The van der Waals surface area contributed by atoms with Gasteiger partial charge in [0.25, 0.3) is 0 Å². The summed E-state index contributed by atoms with van der Waals surface area (Å²) in [5, 5.41) is 17.6. The first-order valence-electron chi connectivity index (χ1n) is 11.3. The quantitative estimate of drug-likeness (QED) is 0.467. The summed E-state index contributed by atoms with van der Waals surface area (Å²) >= 11 is 0. The lowest BCUT2D eigenvalue weighted by Gasteiger charge is -2.34. The third-order valence-corrected chi connectivity index (χ3v) is 6.21.